The van der Waals surface area contributed by atoms with Gasteiger partial charge in [-0.25, -0.2) is 0 Å². The van der Waals surface area contributed by atoms with Crippen molar-refractivity contribution < 1.29 is 0 Å². The van der Waals surface area contributed by atoms with Gasteiger partial charge in [-0.15, -0.1) is 0 Å². The summed E-state index contributed by atoms with van der Waals surface area (Å²) in [5.74, 6) is 0. The van der Waals surface area contributed by atoms with Crippen molar-refractivity contribution in [1.29, 1.82) is 0 Å². The van der Waals surface area contributed by atoms with Crippen LogP contribution in [0.5, 0.6) is 0 Å². The Labute approximate surface area is 119 Å². The monoisotopic (exact) mass is 267 g/mol. The van der Waals surface area contributed by atoms with Gasteiger partial charge in [-0.2, -0.15) is 0 Å². The molecule has 19 heavy (non-hydrogen) atoms. The third-order valence-corrected chi connectivity index (χ3v) is 4.83. The number of hydrogen-bond donors (Lipinski definition) is 2. The van der Waals surface area contributed by atoms with E-state index >= 15 is 0 Å². The van der Waals surface area contributed by atoms with Gasteiger partial charge in [0, 0.05) is 24.7 Å². The summed E-state index contributed by atoms with van der Waals surface area (Å²) in [6.07, 6.45) is 9.65. The summed E-state index contributed by atoms with van der Waals surface area (Å²) < 4.78 is 0. The molecular formula is C16H33N3. The van der Waals surface area contributed by atoms with Crippen molar-refractivity contribution >= 4 is 0 Å². The van der Waals surface area contributed by atoms with Gasteiger partial charge in [0.1, 0.15) is 0 Å². The average molecular weight is 267 g/mol. The number of rotatable bonds is 6. The Morgan fingerprint density at radius 2 is 1.89 bits per heavy atom. The second-order valence-electron chi connectivity index (χ2n) is 6.64. The van der Waals surface area contributed by atoms with Crippen LogP contribution in [0.15, 0.2) is 0 Å². The summed E-state index contributed by atoms with van der Waals surface area (Å²) in [6, 6.07) is 2.09. The summed E-state index contributed by atoms with van der Waals surface area (Å²) in [5, 5.41) is 7.40. The summed E-state index contributed by atoms with van der Waals surface area (Å²) in [4.78, 5) is 2.65. The molecule has 2 rings (SSSR count). The van der Waals surface area contributed by atoms with Crippen LogP contribution in [0.25, 0.3) is 0 Å². The zero-order chi connectivity index (χ0) is 13.5. The molecule has 3 nitrogen and oxygen atoms in total. The smallest absolute Gasteiger partial charge is 0.0192 e. The first-order valence-electron chi connectivity index (χ1n) is 8.46. The lowest BCUT2D eigenvalue weighted by Gasteiger charge is -2.33. The molecule has 0 aliphatic carbocycles. The van der Waals surface area contributed by atoms with E-state index in [2.05, 4.69) is 29.4 Å². The molecule has 0 aromatic carbocycles. The van der Waals surface area contributed by atoms with Crippen molar-refractivity contribution in [2.45, 2.75) is 76.9 Å². The van der Waals surface area contributed by atoms with E-state index in [0.717, 1.165) is 12.6 Å². The first-order valence-corrected chi connectivity index (χ1v) is 8.46. The predicted octanol–water partition coefficient (Wildman–Crippen LogP) is 2.37. The van der Waals surface area contributed by atoms with Crippen molar-refractivity contribution in [2.24, 2.45) is 0 Å². The summed E-state index contributed by atoms with van der Waals surface area (Å²) in [5.41, 5.74) is 0. The van der Waals surface area contributed by atoms with Crippen LogP contribution in [0.3, 0.4) is 0 Å². The summed E-state index contributed by atoms with van der Waals surface area (Å²) in [7, 11) is 0. The largest absolute Gasteiger partial charge is 0.314 e. The lowest BCUT2D eigenvalue weighted by atomic mass is 9.98. The zero-order valence-electron chi connectivity index (χ0n) is 13.0. The topological polar surface area (TPSA) is 27.3 Å². The van der Waals surface area contributed by atoms with Crippen LogP contribution < -0.4 is 10.6 Å². The Kier molecular flexibility index (Phi) is 6.62. The van der Waals surface area contributed by atoms with E-state index in [4.69, 9.17) is 0 Å². The normalized spacial score (nSPS) is 29.1. The van der Waals surface area contributed by atoms with Crippen LogP contribution in [0.2, 0.25) is 0 Å². The molecule has 3 unspecified atom stereocenters. The molecule has 2 aliphatic rings. The summed E-state index contributed by atoms with van der Waals surface area (Å²) in [6.45, 7) is 9.71. The van der Waals surface area contributed by atoms with Crippen molar-refractivity contribution in [1.82, 2.24) is 15.5 Å². The maximum absolute atomic E-state index is 3.75. The number of hydrogen-bond acceptors (Lipinski definition) is 3. The highest BCUT2D eigenvalue weighted by molar-refractivity contribution is 4.79. The standard InChI is InChI=1S/C16H33N3/c1-14(12-16-8-4-5-9-17-16)18-13-15(2)19-10-6-3-7-11-19/h14-18H,3-13H2,1-2H3. The van der Waals surface area contributed by atoms with Gasteiger partial charge in [-0.1, -0.05) is 12.8 Å². The number of likely N-dealkylation sites (tertiary alicyclic amines) is 1. The third kappa shape index (κ3) is 5.41. The van der Waals surface area contributed by atoms with Crippen molar-refractivity contribution in [2.75, 3.05) is 26.2 Å². The van der Waals surface area contributed by atoms with Gasteiger partial charge in [0.15, 0.2) is 0 Å². The highest BCUT2D eigenvalue weighted by Gasteiger charge is 2.19. The molecule has 2 heterocycles. The van der Waals surface area contributed by atoms with Gasteiger partial charge in [-0.05, 0) is 65.6 Å². The Morgan fingerprint density at radius 3 is 2.58 bits per heavy atom. The zero-order valence-corrected chi connectivity index (χ0v) is 13.0. The molecule has 2 fully saturated rings. The van der Waals surface area contributed by atoms with E-state index in [1.807, 2.05) is 0 Å². The molecule has 0 bridgehead atoms. The Morgan fingerprint density at radius 1 is 1.11 bits per heavy atom. The first-order chi connectivity index (χ1) is 9.25. The molecular weight excluding hydrogens is 234 g/mol. The van der Waals surface area contributed by atoms with E-state index in [1.165, 1.54) is 64.6 Å². The highest BCUT2D eigenvalue weighted by Crippen LogP contribution is 2.13. The number of nitrogens with one attached hydrogen (secondary N) is 2. The maximum atomic E-state index is 3.75. The minimum absolute atomic E-state index is 0.642. The minimum atomic E-state index is 0.642. The Bertz CT molecular complexity index is 232. The number of nitrogens with zero attached hydrogens (tertiary/aromatic N) is 1. The molecule has 0 amide bonds. The fourth-order valence-corrected chi connectivity index (χ4v) is 3.50. The lowest BCUT2D eigenvalue weighted by molar-refractivity contribution is 0.167. The molecule has 0 aromatic heterocycles. The van der Waals surface area contributed by atoms with Crippen LogP contribution in [0, 0.1) is 0 Å². The molecule has 0 saturated carbocycles. The van der Waals surface area contributed by atoms with Crippen molar-refractivity contribution in [3.05, 3.63) is 0 Å². The molecule has 2 aliphatic heterocycles. The van der Waals surface area contributed by atoms with E-state index in [1.54, 1.807) is 0 Å². The molecule has 0 aromatic rings. The molecule has 2 N–H and O–H groups in total. The van der Waals surface area contributed by atoms with Crippen LogP contribution in [-0.2, 0) is 0 Å². The van der Waals surface area contributed by atoms with Crippen LogP contribution in [-0.4, -0.2) is 49.2 Å². The van der Waals surface area contributed by atoms with Crippen molar-refractivity contribution in [3.63, 3.8) is 0 Å². The number of piperidine rings is 2. The van der Waals surface area contributed by atoms with E-state index in [9.17, 15) is 0 Å². The van der Waals surface area contributed by atoms with Gasteiger partial charge < -0.3 is 10.6 Å². The van der Waals surface area contributed by atoms with Crippen LogP contribution in [0.4, 0.5) is 0 Å². The van der Waals surface area contributed by atoms with Gasteiger partial charge in [0.2, 0.25) is 0 Å². The second-order valence-corrected chi connectivity index (χ2v) is 6.64. The molecule has 3 atom stereocenters. The van der Waals surface area contributed by atoms with E-state index in [-0.39, 0.29) is 0 Å². The highest BCUT2D eigenvalue weighted by atomic mass is 15.2. The molecule has 2 saturated heterocycles. The fourth-order valence-electron chi connectivity index (χ4n) is 3.50. The van der Waals surface area contributed by atoms with Gasteiger partial charge in [0.25, 0.3) is 0 Å². The molecule has 3 heteroatoms. The quantitative estimate of drug-likeness (QED) is 0.774. The van der Waals surface area contributed by atoms with Gasteiger partial charge in [0.05, 0.1) is 0 Å². The van der Waals surface area contributed by atoms with Crippen LogP contribution in [0.1, 0.15) is 58.8 Å². The van der Waals surface area contributed by atoms with E-state index < -0.39 is 0 Å². The minimum Gasteiger partial charge on any atom is -0.314 e. The predicted molar refractivity (Wildman–Crippen MR) is 82.6 cm³/mol. The molecule has 0 radical (unpaired) electrons. The average Bonchev–Trinajstić information content (AvgIpc) is 2.47. The van der Waals surface area contributed by atoms with Crippen molar-refractivity contribution in [3.8, 4) is 0 Å². The Balaban J connectivity index is 1.60. The summed E-state index contributed by atoms with van der Waals surface area (Å²) >= 11 is 0. The second kappa shape index (κ2) is 8.23. The van der Waals surface area contributed by atoms with Gasteiger partial charge in [-0.3, -0.25) is 4.90 Å². The third-order valence-electron chi connectivity index (χ3n) is 4.83. The maximum Gasteiger partial charge on any atom is 0.0192 e. The Hall–Kier alpha value is -0.120. The van der Waals surface area contributed by atoms with Gasteiger partial charge >= 0.3 is 0 Å². The molecule has 0 spiro atoms. The first kappa shape index (κ1) is 15.3. The fraction of sp³-hybridized carbons (Fsp3) is 1.00. The van der Waals surface area contributed by atoms with E-state index in [0.29, 0.717) is 12.1 Å². The van der Waals surface area contributed by atoms with Crippen LogP contribution >= 0.6 is 0 Å². The SMILES string of the molecule is CC(CC1CCCCN1)NCC(C)N1CCCCC1. The molecule has 112 valence electrons. The lowest BCUT2D eigenvalue weighted by Crippen LogP contribution is -2.46.